The van der Waals surface area contributed by atoms with Gasteiger partial charge < -0.3 is 10.2 Å². The van der Waals surface area contributed by atoms with E-state index in [4.69, 9.17) is 11.6 Å². The number of carbonyl (C=O) groups excluding carboxylic acids is 2. The van der Waals surface area contributed by atoms with Crippen molar-refractivity contribution in [2.75, 3.05) is 17.4 Å². The van der Waals surface area contributed by atoms with Crippen LogP contribution in [0.2, 0.25) is 5.02 Å². The molecule has 0 aliphatic rings. The van der Waals surface area contributed by atoms with Crippen molar-refractivity contribution >= 4 is 55.1 Å². The summed E-state index contributed by atoms with van der Waals surface area (Å²) in [5, 5.41) is 2.02. The number of nitrogens with zero attached hydrogens (tertiary/aromatic N) is 2. The van der Waals surface area contributed by atoms with Gasteiger partial charge in [-0.25, -0.2) is 8.42 Å². The Bertz CT molecular complexity index is 1520. The second-order valence-electron chi connectivity index (χ2n) is 9.21. The molecule has 7 nitrogen and oxygen atoms in total. The summed E-state index contributed by atoms with van der Waals surface area (Å²) in [6.45, 7) is 4.29. The number of anilines is 1. The Morgan fingerprint density at radius 2 is 1.71 bits per heavy atom. The minimum atomic E-state index is -4.88. The number of alkyl halides is 3. The highest BCUT2D eigenvalue weighted by Gasteiger charge is 2.37. The van der Waals surface area contributed by atoms with Gasteiger partial charge >= 0.3 is 6.18 Å². The van der Waals surface area contributed by atoms with Crippen LogP contribution in [0.5, 0.6) is 0 Å². The number of halogens is 5. The highest BCUT2D eigenvalue weighted by Crippen LogP contribution is 2.38. The molecule has 1 N–H and O–H groups in total. The van der Waals surface area contributed by atoms with Gasteiger partial charge in [-0.1, -0.05) is 57.4 Å². The number of benzene rings is 3. The first-order valence-corrected chi connectivity index (χ1v) is 15.0. The fourth-order valence-corrected chi connectivity index (χ4v) is 6.07. The fourth-order valence-electron chi connectivity index (χ4n) is 3.99. The summed E-state index contributed by atoms with van der Waals surface area (Å²) < 4.78 is 70.1. The van der Waals surface area contributed by atoms with Gasteiger partial charge in [0.2, 0.25) is 11.8 Å². The van der Waals surface area contributed by atoms with Gasteiger partial charge in [-0.2, -0.15) is 13.2 Å². The van der Waals surface area contributed by atoms with Gasteiger partial charge in [0.05, 0.1) is 21.2 Å². The van der Waals surface area contributed by atoms with Crippen LogP contribution in [0.15, 0.2) is 76.1 Å². The molecule has 0 saturated carbocycles. The molecular weight excluding hydrogens is 647 g/mol. The molecule has 3 aromatic rings. The SMILES string of the molecule is CCNC(=O)C(C)N(Cc1cccc(Br)c1)C(=O)CN(c1ccc(Cl)c(C(F)(F)F)c1)S(=O)(=O)c1ccc(C)cc1. The molecule has 3 rings (SSSR count). The van der Waals surface area contributed by atoms with Crippen molar-refractivity contribution in [1.82, 2.24) is 10.2 Å². The molecule has 2 amide bonds. The van der Waals surface area contributed by atoms with Gasteiger partial charge in [-0.15, -0.1) is 0 Å². The summed E-state index contributed by atoms with van der Waals surface area (Å²) in [6, 6.07) is 14.2. The highest BCUT2D eigenvalue weighted by atomic mass is 79.9. The maximum atomic E-state index is 13.8. The number of sulfonamides is 1. The first-order chi connectivity index (χ1) is 19.1. The molecule has 0 aliphatic carbocycles. The van der Waals surface area contributed by atoms with Gasteiger partial charge in [0, 0.05) is 17.6 Å². The van der Waals surface area contributed by atoms with Crippen LogP contribution in [-0.4, -0.2) is 44.3 Å². The highest BCUT2D eigenvalue weighted by molar-refractivity contribution is 9.10. The van der Waals surface area contributed by atoms with E-state index in [0.717, 1.165) is 22.2 Å². The van der Waals surface area contributed by atoms with Gasteiger partial charge in [0.25, 0.3) is 10.0 Å². The van der Waals surface area contributed by atoms with Crippen molar-refractivity contribution in [2.24, 2.45) is 0 Å². The topological polar surface area (TPSA) is 86.8 Å². The standard InChI is InChI=1S/C28H28BrClF3N3O4S/c1-4-34-27(38)19(3)35(16-20-6-5-7-21(29)14-20)26(37)17-36(41(39,40)23-11-8-18(2)9-12-23)22-10-13-25(30)24(15-22)28(31,32)33/h5-15,19H,4,16-17H2,1-3H3,(H,34,38). The van der Waals surface area contributed by atoms with Crippen LogP contribution in [0, 0.1) is 6.92 Å². The summed E-state index contributed by atoms with van der Waals surface area (Å²) in [5.41, 5.74) is -0.269. The van der Waals surface area contributed by atoms with Crippen molar-refractivity contribution in [1.29, 1.82) is 0 Å². The summed E-state index contributed by atoms with van der Waals surface area (Å²) in [7, 11) is -4.54. The third kappa shape index (κ3) is 8.02. The quantitative estimate of drug-likeness (QED) is 0.279. The molecule has 0 spiro atoms. The van der Waals surface area contributed by atoms with Gasteiger partial charge in [0.15, 0.2) is 0 Å². The van der Waals surface area contributed by atoms with Crippen LogP contribution < -0.4 is 9.62 Å². The number of likely N-dealkylation sites (N-methyl/N-ethyl adjacent to an activating group) is 1. The Balaban J connectivity index is 2.13. The third-order valence-corrected chi connectivity index (χ3v) is 8.80. The molecule has 3 aromatic carbocycles. The molecule has 41 heavy (non-hydrogen) atoms. The van der Waals surface area contributed by atoms with Crippen LogP contribution in [-0.2, 0) is 32.3 Å². The molecule has 0 heterocycles. The molecule has 0 aromatic heterocycles. The lowest BCUT2D eigenvalue weighted by molar-refractivity contribution is -0.139. The number of rotatable bonds is 10. The van der Waals surface area contributed by atoms with Gasteiger partial charge in [0.1, 0.15) is 12.6 Å². The molecular formula is C28H28BrClF3N3O4S. The Morgan fingerprint density at radius 1 is 1.05 bits per heavy atom. The molecule has 1 atom stereocenters. The van der Waals surface area contributed by atoms with Crippen LogP contribution in [0.25, 0.3) is 0 Å². The van der Waals surface area contributed by atoms with E-state index in [1.807, 2.05) is 0 Å². The van der Waals surface area contributed by atoms with E-state index < -0.39 is 56.9 Å². The van der Waals surface area contributed by atoms with Crippen LogP contribution in [0.3, 0.4) is 0 Å². The van der Waals surface area contributed by atoms with Gasteiger partial charge in [-0.05, 0) is 68.8 Å². The van der Waals surface area contributed by atoms with Crippen LogP contribution in [0.4, 0.5) is 18.9 Å². The first kappa shape index (κ1) is 32.4. The van der Waals surface area contributed by atoms with Crippen molar-refractivity contribution in [3.63, 3.8) is 0 Å². The summed E-state index contributed by atoms with van der Waals surface area (Å²) >= 11 is 9.15. The minimum Gasteiger partial charge on any atom is -0.355 e. The number of hydrogen-bond acceptors (Lipinski definition) is 4. The summed E-state index contributed by atoms with van der Waals surface area (Å²) in [5.74, 6) is -1.28. The van der Waals surface area contributed by atoms with E-state index >= 15 is 0 Å². The number of hydrogen-bond donors (Lipinski definition) is 1. The Hall–Kier alpha value is -3.09. The normalized spacial score (nSPS) is 12.5. The Kier molecular flexibility index (Phi) is 10.5. The fraction of sp³-hybridized carbons (Fsp3) is 0.286. The monoisotopic (exact) mass is 673 g/mol. The van der Waals surface area contributed by atoms with Crippen molar-refractivity contribution in [3.8, 4) is 0 Å². The zero-order chi connectivity index (χ0) is 30.5. The lowest BCUT2D eigenvalue weighted by atomic mass is 10.1. The largest absolute Gasteiger partial charge is 0.417 e. The number of carbonyl (C=O) groups is 2. The number of amides is 2. The molecule has 0 radical (unpaired) electrons. The number of nitrogens with one attached hydrogen (secondary N) is 1. The van der Waals surface area contributed by atoms with E-state index in [-0.39, 0.29) is 11.4 Å². The minimum absolute atomic E-state index is 0.0661. The maximum absolute atomic E-state index is 13.8. The van der Waals surface area contributed by atoms with E-state index in [2.05, 4.69) is 21.2 Å². The third-order valence-electron chi connectivity index (χ3n) is 6.19. The van der Waals surface area contributed by atoms with E-state index in [1.165, 1.54) is 36.1 Å². The predicted molar refractivity (Wildman–Crippen MR) is 155 cm³/mol. The van der Waals surface area contributed by atoms with Crippen molar-refractivity contribution in [3.05, 3.63) is 92.9 Å². The average Bonchev–Trinajstić information content (AvgIpc) is 2.90. The zero-order valence-electron chi connectivity index (χ0n) is 22.4. The molecule has 0 saturated heterocycles. The molecule has 1 unspecified atom stereocenters. The molecule has 0 aliphatic heterocycles. The number of aryl methyl sites for hydroxylation is 1. The van der Waals surface area contributed by atoms with E-state index in [0.29, 0.717) is 22.5 Å². The molecule has 13 heteroatoms. The Labute approximate surface area is 250 Å². The van der Waals surface area contributed by atoms with Crippen molar-refractivity contribution < 1.29 is 31.2 Å². The van der Waals surface area contributed by atoms with E-state index in [1.54, 1.807) is 38.1 Å². The van der Waals surface area contributed by atoms with E-state index in [9.17, 15) is 31.2 Å². The Morgan fingerprint density at radius 3 is 2.29 bits per heavy atom. The zero-order valence-corrected chi connectivity index (χ0v) is 25.5. The van der Waals surface area contributed by atoms with Crippen LogP contribution in [0.1, 0.15) is 30.5 Å². The van der Waals surface area contributed by atoms with Gasteiger partial charge in [-0.3, -0.25) is 13.9 Å². The molecule has 0 bridgehead atoms. The first-order valence-electron chi connectivity index (χ1n) is 12.4. The predicted octanol–water partition coefficient (Wildman–Crippen LogP) is 6.18. The van der Waals surface area contributed by atoms with Crippen LogP contribution >= 0.6 is 27.5 Å². The van der Waals surface area contributed by atoms with Crippen molar-refractivity contribution in [2.45, 2.75) is 44.4 Å². The molecule has 220 valence electrons. The summed E-state index contributed by atoms with van der Waals surface area (Å²) in [4.78, 5) is 27.5. The maximum Gasteiger partial charge on any atom is 0.417 e. The second kappa shape index (κ2) is 13.3. The average molecular weight is 675 g/mol. The molecule has 0 fully saturated rings. The second-order valence-corrected chi connectivity index (χ2v) is 12.4. The lowest BCUT2D eigenvalue weighted by Crippen LogP contribution is -2.51. The lowest BCUT2D eigenvalue weighted by Gasteiger charge is -2.32. The summed E-state index contributed by atoms with van der Waals surface area (Å²) in [6.07, 6.45) is -4.88. The smallest absolute Gasteiger partial charge is 0.355 e.